The summed E-state index contributed by atoms with van der Waals surface area (Å²) in [5.41, 5.74) is 1.15. The van der Waals surface area contributed by atoms with Gasteiger partial charge in [0.25, 0.3) is 5.69 Å². The third-order valence-electron chi connectivity index (χ3n) is 5.63. The van der Waals surface area contributed by atoms with Gasteiger partial charge in [0.15, 0.2) is 0 Å². The Morgan fingerprint density at radius 1 is 1.22 bits per heavy atom. The summed E-state index contributed by atoms with van der Waals surface area (Å²) in [6, 6.07) is 14.7. The molecule has 0 spiro atoms. The van der Waals surface area contributed by atoms with Gasteiger partial charge in [-0.25, -0.2) is 0 Å². The van der Waals surface area contributed by atoms with E-state index in [1.807, 2.05) is 30.3 Å². The van der Waals surface area contributed by atoms with Crippen molar-refractivity contribution in [3.63, 3.8) is 0 Å². The monoisotopic (exact) mass is 461 g/mol. The molecule has 1 heterocycles. The number of ether oxygens (including phenoxy) is 2. The molecule has 0 saturated carbocycles. The molecule has 0 bridgehead atoms. The zero-order valence-electron chi connectivity index (χ0n) is 17.7. The number of thioether (sulfide) groups is 1. The minimum atomic E-state index is -1.26. The molecular formula is C22H25N2O7S+. The van der Waals surface area contributed by atoms with Gasteiger partial charge in [-0.3, -0.25) is 10.1 Å². The summed E-state index contributed by atoms with van der Waals surface area (Å²) in [5.74, 6) is 0. The highest BCUT2D eigenvalue weighted by Crippen LogP contribution is 2.42. The number of imide groups is 1. The van der Waals surface area contributed by atoms with Crippen molar-refractivity contribution in [3.05, 3.63) is 75.8 Å². The van der Waals surface area contributed by atoms with Crippen molar-refractivity contribution in [2.75, 3.05) is 13.7 Å². The van der Waals surface area contributed by atoms with Crippen LogP contribution in [0.2, 0.25) is 0 Å². The number of non-ortho nitro benzene ring substituents is 1. The highest BCUT2D eigenvalue weighted by Gasteiger charge is 2.58. The minimum Gasteiger partial charge on any atom is -0.435 e. The summed E-state index contributed by atoms with van der Waals surface area (Å²) in [7, 11) is 1.60. The second kappa shape index (κ2) is 10.1. The maximum Gasteiger partial charge on any atom is 0.527 e. The van der Waals surface area contributed by atoms with Crippen molar-refractivity contribution in [1.29, 1.82) is 0 Å². The number of nitro benzene ring substituents is 1. The van der Waals surface area contributed by atoms with Gasteiger partial charge in [-0.2, -0.15) is 9.59 Å². The van der Waals surface area contributed by atoms with E-state index in [1.165, 1.54) is 36.0 Å². The predicted octanol–water partition coefficient (Wildman–Crippen LogP) is 4.97. The molecule has 2 unspecified atom stereocenters. The molecule has 1 aliphatic rings. The second-order valence-corrected chi connectivity index (χ2v) is 9.00. The van der Waals surface area contributed by atoms with E-state index in [4.69, 9.17) is 9.47 Å². The number of likely N-dealkylation sites (tertiary alicyclic amines) is 1. The molecule has 4 atom stereocenters. The molecule has 1 N–H and O–H groups in total. The Labute approximate surface area is 189 Å². The average molecular weight is 462 g/mol. The Hall–Kier alpha value is -2.95. The summed E-state index contributed by atoms with van der Waals surface area (Å²) in [5, 5.41) is 20.6. The van der Waals surface area contributed by atoms with E-state index in [-0.39, 0.29) is 29.5 Å². The van der Waals surface area contributed by atoms with E-state index in [0.29, 0.717) is 12.0 Å². The summed E-state index contributed by atoms with van der Waals surface area (Å²) in [6.45, 7) is 1.64. The van der Waals surface area contributed by atoms with Gasteiger partial charge in [-0.15, -0.1) is 16.2 Å². The molecule has 32 heavy (non-hydrogen) atoms. The van der Waals surface area contributed by atoms with Crippen molar-refractivity contribution in [2.45, 2.75) is 36.7 Å². The fourth-order valence-corrected chi connectivity index (χ4v) is 5.35. The number of benzene rings is 2. The third-order valence-corrected chi connectivity index (χ3v) is 7.06. The number of carboxylic acid groups (broad SMARTS) is 1. The smallest absolute Gasteiger partial charge is 0.435 e. The lowest BCUT2D eigenvalue weighted by atomic mass is 10.2. The minimum absolute atomic E-state index is 0.0757. The van der Waals surface area contributed by atoms with Crippen LogP contribution in [0.5, 0.6) is 0 Å². The normalized spacial score (nSPS) is 23.4. The van der Waals surface area contributed by atoms with Gasteiger partial charge in [0.05, 0.1) is 10.2 Å². The molecular weight excluding hydrogens is 436 g/mol. The largest absolute Gasteiger partial charge is 0.527 e. The lowest BCUT2D eigenvalue weighted by molar-refractivity contribution is -0.795. The van der Waals surface area contributed by atoms with Crippen LogP contribution >= 0.6 is 11.8 Å². The number of carbonyl (C=O) groups excluding carboxylic acids is 1. The van der Waals surface area contributed by atoms with Gasteiger partial charge < -0.3 is 14.6 Å². The molecule has 1 aliphatic heterocycles. The Kier molecular flexibility index (Phi) is 7.49. The van der Waals surface area contributed by atoms with Crippen LogP contribution in [0.1, 0.15) is 29.9 Å². The van der Waals surface area contributed by atoms with Crippen LogP contribution in [-0.4, -0.2) is 51.6 Å². The van der Waals surface area contributed by atoms with Crippen LogP contribution < -0.4 is 0 Å². The quantitative estimate of drug-likeness (QED) is 0.266. The van der Waals surface area contributed by atoms with E-state index in [2.05, 4.69) is 0 Å². The summed E-state index contributed by atoms with van der Waals surface area (Å²) in [6.07, 6.45) is -1.60. The number of nitrogens with zero attached hydrogens (tertiary/aromatic N) is 2. The SMILES string of the molecule is COC(S[C@H]1C[C@H](C)[N+](C(=O)O)(C(=O)OCc2ccc([N+](=O)[O-])cc2)C1)c1ccccc1. The summed E-state index contributed by atoms with van der Waals surface area (Å²) in [4.78, 5) is 35.4. The highest BCUT2D eigenvalue weighted by atomic mass is 32.2. The fraction of sp³-hybridized carbons (Fsp3) is 0.364. The Morgan fingerprint density at radius 3 is 2.44 bits per heavy atom. The van der Waals surface area contributed by atoms with Crippen molar-refractivity contribution < 1.29 is 33.6 Å². The van der Waals surface area contributed by atoms with Crippen LogP contribution in [0.25, 0.3) is 0 Å². The maximum atomic E-state index is 13.0. The molecule has 0 aromatic heterocycles. The van der Waals surface area contributed by atoms with Gasteiger partial charge in [0.2, 0.25) is 0 Å². The number of carbonyl (C=O) groups is 2. The third kappa shape index (κ3) is 4.93. The summed E-state index contributed by atoms with van der Waals surface area (Å²) < 4.78 is 10.1. The molecule has 0 radical (unpaired) electrons. The van der Waals surface area contributed by atoms with Crippen molar-refractivity contribution in [2.24, 2.45) is 0 Å². The van der Waals surface area contributed by atoms with Crippen molar-refractivity contribution in [1.82, 2.24) is 0 Å². The van der Waals surface area contributed by atoms with Crippen LogP contribution in [0.15, 0.2) is 54.6 Å². The van der Waals surface area contributed by atoms with E-state index in [9.17, 15) is 24.8 Å². The van der Waals surface area contributed by atoms with Gasteiger partial charge in [0.1, 0.15) is 24.6 Å². The molecule has 2 aromatic rings. The second-order valence-electron chi connectivity index (χ2n) is 7.63. The predicted molar refractivity (Wildman–Crippen MR) is 118 cm³/mol. The first kappa shape index (κ1) is 23.7. The zero-order valence-corrected chi connectivity index (χ0v) is 18.6. The van der Waals surface area contributed by atoms with Crippen molar-refractivity contribution >= 4 is 29.6 Å². The van der Waals surface area contributed by atoms with Gasteiger partial charge >= 0.3 is 12.2 Å². The number of rotatable bonds is 7. The van der Waals surface area contributed by atoms with E-state index < -0.39 is 27.6 Å². The van der Waals surface area contributed by atoms with Crippen molar-refractivity contribution in [3.8, 4) is 0 Å². The number of amides is 2. The molecule has 170 valence electrons. The lowest BCUT2D eigenvalue weighted by Crippen LogP contribution is -2.59. The zero-order chi connectivity index (χ0) is 23.3. The van der Waals surface area contributed by atoms with Crippen LogP contribution in [0, 0.1) is 10.1 Å². The Bertz CT molecular complexity index is 970. The van der Waals surface area contributed by atoms with Crippen LogP contribution in [0.3, 0.4) is 0 Å². The molecule has 3 rings (SSSR count). The first-order valence-electron chi connectivity index (χ1n) is 10.0. The van der Waals surface area contributed by atoms with E-state index in [0.717, 1.165) is 5.56 Å². The molecule has 1 saturated heterocycles. The van der Waals surface area contributed by atoms with Crippen LogP contribution in [-0.2, 0) is 16.1 Å². The Balaban J connectivity index is 1.70. The topological polar surface area (TPSA) is 116 Å². The number of hydrogen-bond donors (Lipinski definition) is 1. The first-order valence-corrected chi connectivity index (χ1v) is 11.0. The standard InChI is InChI=1S/C22H24N2O7S/c1-15-12-19(32-20(30-2)17-6-4-3-5-7-17)13-24(15,21(25)26)22(27)31-14-16-8-10-18(11-9-16)23(28)29/h3-11,15,19-20H,12-14H2,1-2H3/p+1/t15-,19-,20?,24?/m0/s1. The lowest BCUT2D eigenvalue weighted by Gasteiger charge is -2.28. The molecule has 0 aliphatic carbocycles. The molecule has 2 aromatic carbocycles. The molecule has 2 amide bonds. The molecule has 10 heteroatoms. The maximum absolute atomic E-state index is 13.0. The van der Waals surface area contributed by atoms with E-state index in [1.54, 1.807) is 14.0 Å². The number of methoxy groups -OCH3 is 1. The van der Waals surface area contributed by atoms with Gasteiger partial charge in [-0.05, 0) is 30.2 Å². The van der Waals surface area contributed by atoms with Gasteiger partial charge in [0, 0.05) is 25.7 Å². The van der Waals surface area contributed by atoms with Crippen LogP contribution in [0.4, 0.5) is 15.3 Å². The van der Waals surface area contributed by atoms with Gasteiger partial charge in [-0.1, -0.05) is 30.3 Å². The number of quaternary nitrogens is 1. The highest BCUT2D eigenvalue weighted by molar-refractivity contribution is 8.00. The molecule has 1 fully saturated rings. The average Bonchev–Trinajstić information content (AvgIpc) is 3.13. The molecule has 9 nitrogen and oxygen atoms in total. The number of hydrogen-bond acceptors (Lipinski definition) is 7. The van der Waals surface area contributed by atoms with E-state index >= 15 is 0 Å². The fourth-order valence-electron chi connectivity index (χ4n) is 3.86. The summed E-state index contributed by atoms with van der Waals surface area (Å²) >= 11 is 1.49. The Morgan fingerprint density at radius 2 is 1.88 bits per heavy atom. The number of nitro groups is 1. The first-order chi connectivity index (χ1) is 15.3.